The summed E-state index contributed by atoms with van der Waals surface area (Å²) in [6, 6.07) is 14.4. The van der Waals surface area contributed by atoms with E-state index in [4.69, 9.17) is 4.74 Å². The van der Waals surface area contributed by atoms with E-state index < -0.39 is 11.7 Å². The van der Waals surface area contributed by atoms with E-state index in [-0.39, 0.29) is 5.97 Å². The molecule has 2 aliphatic rings. The first kappa shape index (κ1) is 26.5. The molecule has 196 valence electrons. The molecule has 0 bridgehead atoms. The number of methoxy groups -OCH3 is 1. The van der Waals surface area contributed by atoms with Crippen LogP contribution in [0.3, 0.4) is 0 Å². The fraction of sp³-hybridized carbons (Fsp3) is 0.536. The molecule has 0 radical (unpaired) electrons. The number of rotatable bonds is 7. The number of benzene rings is 2. The lowest BCUT2D eigenvalue weighted by atomic mass is 9.86. The molecular formula is C28H36F3N3O2. The van der Waals surface area contributed by atoms with Crippen LogP contribution in [0.15, 0.2) is 48.5 Å². The summed E-state index contributed by atoms with van der Waals surface area (Å²) in [6.45, 7) is 7.92. The Morgan fingerprint density at radius 3 is 2.47 bits per heavy atom. The standard InChI is InChI=1S/C28H36F3N3O2/c1-21-6-3-4-7-22(21)19-32-13-12-26(23(20-32)10-11-27(35)36-2)34-16-14-33(15-17-34)25-9-5-8-24(18-25)28(29,30)31/h3-9,18,23,26H,10-17,19-20H2,1-2H3/t23-,26+/m1/s1. The predicted octanol–water partition coefficient (Wildman–Crippen LogP) is 4.98. The van der Waals surface area contributed by atoms with Gasteiger partial charge in [-0.05, 0) is 61.6 Å². The number of alkyl halides is 3. The number of piperidine rings is 1. The van der Waals surface area contributed by atoms with Crippen LogP contribution in [-0.2, 0) is 22.3 Å². The summed E-state index contributed by atoms with van der Waals surface area (Å²) < 4.78 is 44.4. The topological polar surface area (TPSA) is 36.0 Å². The normalized spacial score (nSPS) is 22.0. The van der Waals surface area contributed by atoms with Gasteiger partial charge in [-0.2, -0.15) is 13.2 Å². The largest absolute Gasteiger partial charge is 0.469 e. The van der Waals surface area contributed by atoms with E-state index in [2.05, 4.69) is 41.0 Å². The first-order valence-corrected chi connectivity index (χ1v) is 12.7. The molecular weight excluding hydrogens is 467 g/mol. The molecule has 2 fully saturated rings. The number of hydrogen-bond acceptors (Lipinski definition) is 5. The Bertz CT molecular complexity index is 1020. The third-order valence-corrected chi connectivity index (χ3v) is 7.70. The molecule has 2 aromatic carbocycles. The van der Waals surface area contributed by atoms with Crippen molar-refractivity contribution in [2.45, 2.75) is 44.9 Å². The van der Waals surface area contributed by atoms with Crippen LogP contribution < -0.4 is 4.90 Å². The fourth-order valence-electron chi connectivity index (χ4n) is 5.63. The highest BCUT2D eigenvalue weighted by Gasteiger charge is 2.36. The Morgan fingerprint density at radius 2 is 1.78 bits per heavy atom. The summed E-state index contributed by atoms with van der Waals surface area (Å²) in [5.74, 6) is 0.154. The Morgan fingerprint density at radius 1 is 1.03 bits per heavy atom. The quantitative estimate of drug-likeness (QED) is 0.498. The van der Waals surface area contributed by atoms with Crippen LogP contribution in [0.25, 0.3) is 0 Å². The molecule has 2 aliphatic heterocycles. The molecule has 2 heterocycles. The molecule has 2 aromatic rings. The Hall–Kier alpha value is -2.58. The van der Waals surface area contributed by atoms with Crippen LogP contribution in [0.2, 0.25) is 0 Å². The molecule has 0 unspecified atom stereocenters. The van der Waals surface area contributed by atoms with Gasteiger partial charge in [0.15, 0.2) is 0 Å². The van der Waals surface area contributed by atoms with Crippen molar-refractivity contribution in [3.05, 3.63) is 65.2 Å². The van der Waals surface area contributed by atoms with Gasteiger partial charge in [-0.25, -0.2) is 0 Å². The number of anilines is 1. The molecule has 0 aliphatic carbocycles. The Kier molecular flexibility index (Phi) is 8.57. The fourth-order valence-corrected chi connectivity index (χ4v) is 5.63. The first-order valence-electron chi connectivity index (χ1n) is 12.7. The van der Waals surface area contributed by atoms with Crippen molar-refractivity contribution in [1.29, 1.82) is 0 Å². The van der Waals surface area contributed by atoms with Crippen LogP contribution in [0.4, 0.5) is 18.9 Å². The number of aryl methyl sites for hydroxylation is 1. The average molecular weight is 504 g/mol. The minimum absolute atomic E-state index is 0.181. The number of hydrogen-bond donors (Lipinski definition) is 0. The van der Waals surface area contributed by atoms with Gasteiger partial charge in [-0.15, -0.1) is 0 Å². The van der Waals surface area contributed by atoms with E-state index in [9.17, 15) is 18.0 Å². The van der Waals surface area contributed by atoms with E-state index in [0.29, 0.717) is 37.2 Å². The maximum Gasteiger partial charge on any atom is 0.416 e. The van der Waals surface area contributed by atoms with Gasteiger partial charge in [-0.1, -0.05) is 30.3 Å². The molecule has 2 saturated heterocycles. The van der Waals surface area contributed by atoms with Gasteiger partial charge in [0.1, 0.15) is 0 Å². The average Bonchev–Trinajstić information content (AvgIpc) is 2.88. The summed E-state index contributed by atoms with van der Waals surface area (Å²) in [7, 11) is 1.43. The highest BCUT2D eigenvalue weighted by Crippen LogP contribution is 2.33. The number of carbonyl (C=O) groups excluding carboxylic acids is 1. The van der Waals surface area contributed by atoms with E-state index in [1.807, 2.05) is 4.90 Å². The minimum Gasteiger partial charge on any atom is -0.469 e. The van der Waals surface area contributed by atoms with Gasteiger partial charge in [0, 0.05) is 57.4 Å². The second-order valence-corrected chi connectivity index (χ2v) is 9.96. The van der Waals surface area contributed by atoms with Gasteiger partial charge < -0.3 is 9.64 Å². The van der Waals surface area contributed by atoms with E-state index in [1.54, 1.807) is 6.07 Å². The van der Waals surface area contributed by atoms with Crippen LogP contribution in [0.5, 0.6) is 0 Å². The van der Waals surface area contributed by atoms with Gasteiger partial charge in [-0.3, -0.25) is 14.6 Å². The Labute approximate surface area is 211 Å². The van der Waals surface area contributed by atoms with Crippen molar-refractivity contribution in [2.24, 2.45) is 5.92 Å². The maximum atomic E-state index is 13.2. The highest BCUT2D eigenvalue weighted by molar-refractivity contribution is 5.69. The van der Waals surface area contributed by atoms with Crippen LogP contribution in [0.1, 0.15) is 36.0 Å². The molecule has 2 atom stereocenters. The molecule has 5 nitrogen and oxygen atoms in total. The van der Waals surface area contributed by atoms with Crippen molar-refractivity contribution < 1.29 is 22.7 Å². The number of esters is 1. The SMILES string of the molecule is COC(=O)CC[C@@H]1CN(Cc2ccccc2C)CC[C@@H]1N1CCN(c2cccc(C(F)(F)F)c2)CC1. The van der Waals surface area contributed by atoms with Crippen molar-refractivity contribution in [3.63, 3.8) is 0 Å². The van der Waals surface area contributed by atoms with E-state index in [0.717, 1.165) is 51.6 Å². The molecule has 0 amide bonds. The van der Waals surface area contributed by atoms with Crippen LogP contribution in [-0.4, -0.2) is 68.2 Å². The summed E-state index contributed by atoms with van der Waals surface area (Å²) in [5, 5.41) is 0. The number of piperazine rings is 1. The minimum atomic E-state index is -4.34. The molecule has 0 N–H and O–H groups in total. The zero-order valence-electron chi connectivity index (χ0n) is 21.1. The number of carbonyl (C=O) groups is 1. The highest BCUT2D eigenvalue weighted by atomic mass is 19.4. The van der Waals surface area contributed by atoms with Gasteiger partial charge >= 0.3 is 12.1 Å². The summed E-state index contributed by atoms with van der Waals surface area (Å²) >= 11 is 0. The van der Waals surface area contributed by atoms with Gasteiger partial charge in [0.2, 0.25) is 0 Å². The lowest BCUT2D eigenvalue weighted by Gasteiger charge is -2.47. The second kappa shape index (κ2) is 11.6. The lowest BCUT2D eigenvalue weighted by Crippen LogP contribution is -2.56. The smallest absolute Gasteiger partial charge is 0.416 e. The third kappa shape index (κ3) is 6.59. The summed E-state index contributed by atoms with van der Waals surface area (Å²) in [4.78, 5) is 18.9. The van der Waals surface area contributed by atoms with Gasteiger partial charge in [0.05, 0.1) is 12.7 Å². The van der Waals surface area contributed by atoms with E-state index >= 15 is 0 Å². The molecule has 0 saturated carbocycles. The molecule has 4 rings (SSSR count). The van der Waals surface area contributed by atoms with Crippen molar-refractivity contribution in [2.75, 3.05) is 51.3 Å². The maximum absolute atomic E-state index is 13.2. The predicted molar refractivity (Wildman–Crippen MR) is 135 cm³/mol. The Balaban J connectivity index is 1.40. The third-order valence-electron chi connectivity index (χ3n) is 7.70. The zero-order chi connectivity index (χ0) is 25.7. The summed E-state index contributed by atoms with van der Waals surface area (Å²) in [6.07, 6.45) is -2.15. The molecule has 8 heteroatoms. The number of ether oxygens (including phenoxy) is 1. The summed E-state index contributed by atoms with van der Waals surface area (Å²) in [5.41, 5.74) is 2.64. The van der Waals surface area contributed by atoms with Crippen LogP contribution >= 0.6 is 0 Å². The number of nitrogens with zero attached hydrogens (tertiary/aromatic N) is 3. The lowest BCUT2D eigenvalue weighted by molar-refractivity contribution is -0.141. The molecule has 0 spiro atoms. The number of halogens is 3. The first-order chi connectivity index (χ1) is 17.2. The number of likely N-dealkylation sites (tertiary alicyclic amines) is 1. The molecule has 36 heavy (non-hydrogen) atoms. The monoisotopic (exact) mass is 503 g/mol. The van der Waals surface area contributed by atoms with Crippen molar-refractivity contribution >= 4 is 11.7 Å². The van der Waals surface area contributed by atoms with E-state index in [1.165, 1.54) is 30.4 Å². The van der Waals surface area contributed by atoms with Crippen LogP contribution in [0, 0.1) is 12.8 Å². The van der Waals surface area contributed by atoms with Crippen molar-refractivity contribution in [3.8, 4) is 0 Å². The van der Waals surface area contributed by atoms with Crippen molar-refractivity contribution in [1.82, 2.24) is 9.80 Å². The zero-order valence-corrected chi connectivity index (χ0v) is 21.1. The van der Waals surface area contributed by atoms with Gasteiger partial charge in [0.25, 0.3) is 0 Å². The second-order valence-electron chi connectivity index (χ2n) is 9.96. The molecule has 0 aromatic heterocycles.